The third kappa shape index (κ3) is 19.3. The highest BCUT2D eigenvalue weighted by Crippen LogP contribution is 2.06. The number of rotatable bonds is 16. The molecule has 0 spiro atoms. The van der Waals surface area contributed by atoms with E-state index in [2.05, 4.69) is 55.4 Å². The zero-order chi connectivity index (χ0) is 24.8. The standard InChI is InChI=1S/C9H16O4.2C8H20N/c10-8(11)6-4-2-1-3-5-7-9(12)13;2*1-5-9(6-2,7-3)8-4/h1-7H2,(H,10,11)(H,12,13);2*5-8H2,1-4H3/q;2*+1/p-2. The van der Waals surface area contributed by atoms with Crippen molar-refractivity contribution in [3.05, 3.63) is 0 Å². The van der Waals surface area contributed by atoms with Crippen molar-refractivity contribution in [3.8, 4) is 0 Å². The van der Waals surface area contributed by atoms with Crippen LogP contribution < -0.4 is 10.2 Å². The summed E-state index contributed by atoms with van der Waals surface area (Å²) >= 11 is 0. The number of carbonyl (C=O) groups excluding carboxylic acids is 2. The van der Waals surface area contributed by atoms with Crippen molar-refractivity contribution in [2.75, 3.05) is 52.4 Å². The summed E-state index contributed by atoms with van der Waals surface area (Å²) < 4.78 is 2.56. The predicted octanol–water partition coefficient (Wildman–Crippen LogP) is 2.98. The quantitative estimate of drug-likeness (QED) is 0.270. The number of aliphatic carboxylic acids is 2. The van der Waals surface area contributed by atoms with Crippen LogP contribution in [0.4, 0.5) is 0 Å². The summed E-state index contributed by atoms with van der Waals surface area (Å²) in [5, 5.41) is 20.0. The first-order chi connectivity index (χ1) is 14.6. The first-order valence-electron chi connectivity index (χ1n) is 12.7. The van der Waals surface area contributed by atoms with Crippen molar-refractivity contribution in [1.82, 2.24) is 0 Å². The van der Waals surface area contributed by atoms with Crippen LogP contribution in [0.1, 0.15) is 100 Å². The summed E-state index contributed by atoms with van der Waals surface area (Å²) in [6.07, 6.45) is 3.95. The molecule has 0 saturated carbocycles. The lowest BCUT2D eigenvalue weighted by molar-refractivity contribution is -0.921. The van der Waals surface area contributed by atoms with Crippen LogP contribution in [-0.2, 0) is 9.59 Å². The van der Waals surface area contributed by atoms with Crippen molar-refractivity contribution in [2.45, 2.75) is 100 Å². The largest absolute Gasteiger partial charge is 0.550 e. The smallest absolute Gasteiger partial charge is 0.0757 e. The van der Waals surface area contributed by atoms with Crippen molar-refractivity contribution in [3.63, 3.8) is 0 Å². The van der Waals surface area contributed by atoms with Gasteiger partial charge < -0.3 is 28.8 Å². The van der Waals surface area contributed by atoms with Crippen LogP contribution in [0.25, 0.3) is 0 Å². The maximum absolute atomic E-state index is 9.98. The molecule has 0 unspecified atom stereocenters. The molecule has 0 N–H and O–H groups in total. The lowest BCUT2D eigenvalue weighted by Crippen LogP contribution is -2.47. The van der Waals surface area contributed by atoms with Crippen LogP contribution in [0, 0.1) is 0 Å². The average molecular weight is 447 g/mol. The van der Waals surface area contributed by atoms with Crippen LogP contribution in [0.2, 0.25) is 0 Å². The maximum atomic E-state index is 9.98. The van der Waals surface area contributed by atoms with E-state index in [-0.39, 0.29) is 12.8 Å². The normalized spacial score (nSPS) is 11.1. The number of quaternary nitrogens is 2. The van der Waals surface area contributed by atoms with Gasteiger partial charge in [0.25, 0.3) is 0 Å². The Bertz CT molecular complexity index is 347. The van der Waals surface area contributed by atoms with E-state index >= 15 is 0 Å². The SMILES string of the molecule is CC[N+](CC)(CC)CC.CC[N+](CC)(CC)CC.O=C([O-])CCCCCCCC(=O)[O-]. The zero-order valence-corrected chi connectivity index (χ0v) is 22.1. The number of hydrogen-bond donors (Lipinski definition) is 0. The molecule has 0 radical (unpaired) electrons. The number of carboxylic acid groups (broad SMARTS) is 2. The van der Waals surface area contributed by atoms with E-state index in [1.54, 1.807) is 0 Å². The number of unbranched alkanes of at least 4 members (excludes halogenated alkanes) is 4. The van der Waals surface area contributed by atoms with Gasteiger partial charge in [0.05, 0.1) is 52.4 Å². The molecule has 0 aromatic heterocycles. The minimum Gasteiger partial charge on any atom is -0.550 e. The zero-order valence-electron chi connectivity index (χ0n) is 22.1. The summed E-state index contributed by atoms with van der Waals surface area (Å²) in [4.78, 5) is 20.0. The van der Waals surface area contributed by atoms with Crippen LogP contribution in [0.3, 0.4) is 0 Å². The molecule has 0 aliphatic rings. The fourth-order valence-corrected chi connectivity index (χ4v) is 3.75. The number of hydrogen-bond acceptors (Lipinski definition) is 4. The van der Waals surface area contributed by atoms with Crippen molar-refractivity contribution in [1.29, 1.82) is 0 Å². The van der Waals surface area contributed by atoms with Crippen LogP contribution in [-0.4, -0.2) is 73.3 Å². The van der Waals surface area contributed by atoms with Gasteiger partial charge in [0, 0.05) is 11.9 Å². The van der Waals surface area contributed by atoms with Crippen molar-refractivity contribution in [2.24, 2.45) is 0 Å². The molecule has 6 nitrogen and oxygen atoms in total. The molecule has 31 heavy (non-hydrogen) atoms. The van der Waals surface area contributed by atoms with Gasteiger partial charge in [-0.15, -0.1) is 0 Å². The molecule has 0 rings (SSSR count). The second kappa shape index (κ2) is 22.1. The topological polar surface area (TPSA) is 80.3 Å². The third-order valence-corrected chi connectivity index (χ3v) is 7.13. The molecule has 6 heteroatoms. The van der Waals surface area contributed by atoms with E-state index in [1.807, 2.05) is 0 Å². The Morgan fingerprint density at radius 1 is 0.452 bits per heavy atom. The summed E-state index contributed by atoms with van der Waals surface area (Å²) in [5.74, 6) is -2.04. The molecular weight excluding hydrogens is 392 g/mol. The highest BCUT2D eigenvalue weighted by atomic mass is 16.4. The van der Waals surface area contributed by atoms with Gasteiger partial charge in [-0.3, -0.25) is 0 Å². The number of carbonyl (C=O) groups is 2. The summed E-state index contributed by atoms with van der Waals surface area (Å²) in [5.41, 5.74) is 0. The van der Waals surface area contributed by atoms with Crippen LogP contribution in [0.5, 0.6) is 0 Å². The Balaban J connectivity index is -0.000000390. The Kier molecular flexibility index (Phi) is 24.5. The molecule has 0 aromatic rings. The van der Waals surface area contributed by atoms with E-state index in [9.17, 15) is 19.8 Å². The van der Waals surface area contributed by atoms with Gasteiger partial charge in [-0.25, -0.2) is 0 Å². The lowest BCUT2D eigenvalue weighted by Gasteiger charge is -2.34. The van der Waals surface area contributed by atoms with Gasteiger partial charge >= 0.3 is 0 Å². The summed E-state index contributed by atoms with van der Waals surface area (Å²) in [7, 11) is 0. The Morgan fingerprint density at radius 3 is 0.774 bits per heavy atom. The monoisotopic (exact) mass is 446 g/mol. The molecular formula is C25H54N2O4. The lowest BCUT2D eigenvalue weighted by atomic mass is 10.1. The number of carboxylic acids is 2. The van der Waals surface area contributed by atoms with E-state index in [0.717, 1.165) is 19.3 Å². The van der Waals surface area contributed by atoms with Crippen molar-refractivity contribution >= 4 is 11.9 Å². The van der Waals surface area contributed by atoms with Gasteiger partial charge in [-0.1, -0.05) is 19.3 Å². The minimum absolute atomic E-state index is 0.0977. The average Bonchev–Trinajstić information content (AvgIpc) is 2.78. The third-order valence-electron chi connectivity index (χ3n) is 7.13. The molecule has 0 aliphatic carbocycles. The second-order valence-corrected chi connectivity index (χ2v) is 8.22. The number of nitrogens with zero attached hydrogens (tertiary/aromatic N) is 2. The molecule has 0 atom stereocenters. The van der Waals surface area contributed by atoms with Gasteiger partial charge in [0.15, 0.2) is 0 Å². The van der Waals surface area contributed by atoms with Crippen LogP contribution >= 0.6 is 0 Å². The second-order valence-electron chi connectivity index (χ2n) is 8.22. The fraction of sp³-hybridized carbons (Fsp3) is 0.920. The molecule has 0 amide bonds. The van der Waals surface area contributed by atoms with E-state index in [0.29, 0.717) is 12.8 Å². The Hall–Kier alpha value is -1.14. The van der Waals surface area contributed by atoms with E-state index < -0.39 is 11.9 Å². The van der Waals surface area contributed by atoms with Gasteiger partial charge in [0.2, 0.25) is 0 Å². The molecule has 0 bridgehead atoms. The highest BCUT2D eigenvalue weighted by molar-refractivity contribution is 5.64. The van der Waals surface area contributed by atoms with E-state index in [4.69, 9.17) is 0 Å². The first-order valence-corrected chi connectivity index (χ1v) is 12.7. The maximum Gasteiger partial charge on any atom is 0.0757 e. The van der Waals surface area contributed by atoms with Crippen LogP contribution in [0.15, 0.2) is 0 Å². The molecule has 0 aromatic carbocycles. The summed E-state index contributed by atoms with van der Waals surface area (Å²) in [6, 6.07) is 0. The summed E-state index contributed by atoms with van der Waals surface area (Å²) in [6.45, 7) is 28.4. The molecule has 0 fully saturated rings. The Labute approximate surface area is 193 Å². The fourth-order valence-electron chi connectivity index (χ4n) is 3.75. The van der Waals surface area contributed by atoms with Gasteiger partial charge in [-0.2, -0.15) is 0 Å². The van der Waals surface area contributed by atoms with Gasteiger partial charge in [0.1, 0.15) is 0 Å². The highest BCUT2D eigenvalue weighted by Gasteiger charge is 2.16. The molecule has 0 aliphatic heterocycles. The molecule has 188 valence electrons. The Morgan fingerprint density at radius 2 is 0.645 bits per heavy atom. The van der Waals surface area contributed by atoms with Crippen molar-refractivity contribution < 1.29 is 28.8 Å². The predicted molar refractivity (Wildman–Crippen MR) is 127 cm³/mol. The minimum atomic E-state index is -1.02. The van der Waals surface area contributed by atoms with Gasteiger partial charge in [-0.05, 0) is 81.1 Å². The van der Waals surface area contributed by atoms with E-state index in [1.165, 1.54) is 61.3 Å². The molecule has 0 heterocycles. The molecule has 0 saturated heterocycles. The first kappa shape index (κ1) is 34.5.